The summed E-state index contributed by atoms with van der Waals surface area (Å²) in [6, 6.07) is 8.84. The van der Waals surface area contributed by atoms with Crippen LogP contribution in [0.4, 0.5) is 0 Å². The lowest BCUT2D eigenvalue weighted by Gasteiger charge is -2.30. The number of hydrogen-bond donors (Lipinski definition) is 1. The largest absolute Gasteiger partial charge is 0.503 e. The van der Waals surface area contributed by atoms with E-state index >= 15 is 0 Å². The topological polar surface area (TPSA) is 83.0 Å². The Bertz CT molecular complexity index is 996. The number of aliphatic hydroxyl groups is 1. The summed E-state index contributed by atoms with van der Waals surface area (Å²) in [6.45, 7) is 8.13. The predicted octanol–water partition coefficient (Wildman–Crippen LogP) is 3.06. The van der Waals surface area contributed by atoms with Gasteiger partial charge in [0.2, 0.25) is 5.78 Å². The van der Waals surface area contributed by atoms with Crippen LogP contribution in [-0.2, 0) is 9.53 Å². The van der Waals surface area contributed by atoms with Gasteiger partial charge in [0.1, 0.15) is 0 Å². The quantitative estimate of drug-likeness (QED) is 0.665. The molecule has 1 atom stereocenters. The average Bonchev–Trinajstić information content (AvgIpc) is 3.25. The summed E-state index contributed by atoms with van der Waals surface area (Å²) in [5.41, 5.74) is 1.58. The number of Topliss-reactive ketones (excluding diaryl/α,β-unsaturated/α-hetero) is 1. The van der Waals surface area contributed by atoms with E-state index in [1.807, 2.05) is 37.3 Å². The van der Waals surface area contributed by atoms with Crippen LogP contribution in [0.5, 0.6) is 0 Å². The Hall–Kier alpha value is -2.55. The minimum absolute atomic E-state index is 0.148. The number of thiazole rings is 1. The summed E-state index contributed by atoms with van der Waals surface area (Å²) < 4.78 is 5.39. The first-order chi connectivity index (χ1) is 15.0. The Morgan fingerprint density at radius 1 is 1.19 bits per heavy atom. The summed E-state index contributed by atoms with van der Waals surface area (Å²) in [5, 5.41) is 11.5. The standard InChI is InChI=1S/C23H27N3O4S/c1-15-22(31-16(2)24-15)20(27)18-19(17-7-4-3-5-8-17)26(23(29)21(18)28)10-6-9-25-11-13-30-14-12-25/h3-5,7-8,19,28H,6,9-14H2,1-2H3. The van der Waals surface area contributed by atoms with Crippen molar-refractivity contribution in [3.05, 3.63) is 62.8 Å². The molecular formula is C23H27N3O4S. The highest BCUT2D eigenvalue weighted by molar-refractivity contribution is 7.14. The van der Waals surface area contributed by atoms with Gasteiger partial charge in [-0.2, -0.15) is 0 Å². The van der Waals surface area contributed by atoms with E-state index in [0.29, 0.717) is 17.1 Å². The fraction of sp³-hybridized carbons (Fsp3) is 0.435. The molecule has 2 aliphatic rings. The number of carbonyl (C=O) groups is 2. The molecule has 7 nitrogen and oxygen atoms in total. The lowest BCUT2D eigenvalue weighted by Crippen LogP contribution is -2.39. The molecule has 1 saturated heterocycles. The highest BCUT2D eigenvalue weighted by atomic mass is 32.1. The lowest BCUT2D eigenvalue weighted by atomic mass is 9.95. The Morgan fingerprint density at radius 2 is 1.90 bits per heavy atom. The number of hydrogen-bond acceptors (Lipinski definition) is 7. The molecule has 0 aliphatic carbocycles. The maximum absolute atomic E-state index is 13.4. The van der Waals surface area contributed by atoms with Crippen molar-refractivity contribution in [2.45, 2.75) is 26.3 Å². The first-order valence-electron chi connectivity index (χ1n) is 10.5. The highest BCUT2D eigenvalue weighted by Crippen LogP contribution is 2.40. The van der Waals surface area contributed by atoms with Crippen LogP contribution in [0, 0.1) is 13.8 Å². The van der Waals surface area contributed by atoms with Crippen molar-refractivity contribution < 1.29 is 19.4 Å². The van der Waals surface area contributed by atoms with Crippen LogP contribution < -0.4 is 0 Å². The van der Waals surface area contributed by atoms with Crippen LogP contribution in [0.15, 0.2) is 41.7 Å². The predicted molar refractivity (Wildman–Crippen MR) is 118 cm³/mol. The second kappa shape index (κ2) is 9.30. The number of aromatic nitrogens is 1. The molecule has 1 aromatic heterocycles. The van der Waals surface area contributed by atoms with Gasteiger partial charge in [0.05, 0.1) is 40.4 Å². The van der Waals surface area contributed by atoms with E-state index in [4.69, 9.17) is 4.74 Å². The van der Waals surface area contributed by atoms with Crippen LogP contribution in [0.25, 0.3) is 0 Å². The van der Waals surface area contributed by atoms with Gasteiger partial charge in [-0.3, -0.25) is 14.5 Å². The van der Waals surface area contributed by atoms with E-state index in [0.717, 1.165) is 49.8 Å². The van der Waals surface area contributed by atoms with Crippen molar-refractivity contribution >= 4 is 23.0 Å². The Kier molecular flexibility index (Phi) is 6.50. The molecule has 4 rings (SSSR count). The van der Waals surface area contributed by atoms with Crippen LogP contribution in [0.3, 0.4) is 0 Å². The van der Waals surface area contributed by atoms with Gasteiger partial charge in [-0.05, 0) is 25.8 Å². The molecule has 2 aromatic rings. The molecule has 1 unspecified atom stereocenters. The number of carbonyl (C=O) groups excluding carboxylic acids is 2. The van der Waals surface area contributed by atoms with Gasteiger partial charge < -0.3 is 14.7 Å². The van der Waals surface area contributed by atoms with Gasteiger partial charge in [-0.1, -0.05) is 30.3 Å². The molecule has 1 amide bonds. The van der Waals surface area contributed by atoms with Gasteiger partial charge in [0.15, 0.2) is 5.76 Å². The van der Waals surface area contributed by atoms with Gasteiger partial charge >= 0.3 is 0 Å². The third-order valence-corrected chi connectivity index (χ3v) is 6.82. The first kappa shape index (κ1) is 21.7. The third kappa shape index (κ3) is 4.42. The zero-order valence-corrected chi connectivity index (χ0v) is 18.7. The number of rotatable bonds is 7. The third-order valence-electron chi connectivity index (χ3n) is 5.75. The van der Waals surface area contributed by atoms with Gasteiger partial charge in [0, 0.05) is 26.2 Å². The Labute approximate surface area is 186 Å². The van der Waals surface area contributed by atoms with E-state index in [9.17, 15) is 14.7 Å². The minimum Gasteiger partial charge on any atom is -0.503 e. The second-order valence-electron chi connectivity index (χ2n) is 7.86. The minimum atomic E-state index is -0.604. The number of nitrogens with zero attached hydrogens (tertiary/aromatic N) is 3. The monoisotopic (exact) mass is 441 g/mol. The molecular weight excluding hydrogens is 414 g/mol. The van der Waals surface area contributed by atoms with Crippen LogP contribution in [0.1, 0.15) is 38.4 Å². The zero-order valence-electron chi connectivity index (χ0n) is 17.8. The van der Waals surface area contributed by atoms with E-state index in [1.54, 1.807) is 11.8 Å². The van der Waals surface area contributed by atoms with Crippen molar-refractivity contribution in [2.24, 2.45) is 0 Å². The summed E-state index contributed by atoms with van der Waals surface area (Å²) in [7, 11) is 0. The van der Waals surface area contributed by atoms with E-state index < -0.39 is 17.7 Å². The molecule has 0 spiro atoms. The molecule has 0 radical (unpaired) electrons. The highest BCUT2D eigenvalue weighted by Gasteiger charge is 2.44. The maximum atomic E-state index is 13.4. The molecule has 164 valence electrons. The molecule has 8 heteroatoms. The zero-order chi connectivity index (χ0) is 22.0. The van der Waals surface area contributed by atoms with Crippen molar-refractivity contribution in [2.75, 3.05) is 39.4 Å². The average molecular weight is 442 g/mol. The van der Waals surface area contributed by atoms with Crippen molar-refractivity contribution in [3.8, 4) is 0 Å². The smallest absolute Gasteiger partial charge is 0.290 e. The number of ether oxygens (including phenoxy) is 1. The van der Waals surface area contributed by atoms with Gasteiger partial charge in [0.25, 0.3) is 5.91 Å². The number of benzene rings is 1. The van der Waals surface area contributed by atoms with Crippen LogP contribution in [-0.4, -0.2) is 71.0 Å². The molecule has 2 aliphatic heterocycles. The van der Waals surface area contributed by atoms with Gasteiger partial charge in [-0.15, -0.1) is 11.3 Å². The number of ketones is 1. The molecule has 3 heterocycles. The van der Waals surface area contributed by atoms with Crippen molar-refractivity contribution in [1.82, 2.24) is 14.8 Å². The molecule has 1 N–H and O–H groups in total. The second-order valence-corrected chi connectivity index (χ2v) is 9.06. The lowest BCUT2D eigenvalue weighted by molar-refractivity contribution is -0.129. The van der Waals surface area contributed by atoms with E-state index in [2.05, 4.69) is 9.88 Å². The van der Waals surface area contributed by atoms with E-state index in [1.165, 1.54) is 11.3 Å². The fourth-order valence-electron chi connectivity index (χ4n) is 4.25. The maximum Gasteiger partial charge on any atom is 0.290 e. The number of aryl methyl sites for hydroxylation is 2. The molecule has 0 bridgehead atoms. The number of aliphatic hydroxyl groups excluding tert-OH is 1. The van der Waals surface area contributed by atoms with E-state index in [-0.39, 0.29) is 11.4 Å². The van der Waals surface area contributed by atoms with Crippen molar-refractivity contribution in [1.29, 1.82) is 0 Å². The first-order valence-corrected chi connectivity index (χ1v) is 11.4. The number of morpholine rings is 1. The summed E-state index contributed by atoms with van der Waals surface area (Å²) in [6.07, 6.45) is 0.752. The number of amides is 1. The van der Waals surface area contributed by atoms with Gasteiger partial charge in [-0.25, -0.2) is 4.98 Å². The fourth-order valence-corrected chi connectivity index (χ4v) is 5.13. The summed E-state index contributed by atoms with van der Waals surface area (Å²) in [5.74, 6) is -1.26. The van der Waals surface area contributed by atoms with Crippen LogP contribution in [0.2, 0.25) is 0 Å². The molecule has 1 aromatic carbocycles. The molecule has 31 heavy (non-hydrogen) atoms. The summed E-state index contributed by atoms with van der Waals surface area (Å²) in [4.78, 5) is 35.2. The molecule has 0 saturated carbocycles. The van der Waals surface area contributed by atoms with Crippen LogP contribution >= 0.6 is 11.3 Å². The summed E-state index contributed by atoms with van der Waals surface area (Å²) >= 11 is 1.29. The Morgan fingerprint density at radius 3 is 2.55 bits per heavy atom. The van der Waals surface area contributed by atoms with Crippen molar-refractivity contribution in [3.63, 3.8) is 0 Å². The molecule has 1 fully saturated rings. The SMILES string of the molecule is Cc1nc(C)c(C(=O)C2=C(O)C(=O)N(CCCN3CCOCC3)C2c2ccccc2)s1. The Balaban J connectivity index is 1.61. The normalized spacial score (nSPS) is 20.0.